The van der Waals surface area contributed by atoms with Gasteiger partial charge in [-0.05, 0) is 38.4 Å². The molecule has 2 aromatic rings. The van der Waals surface area contributed by atoms with Crippen molar-refractivity contribution in [2.75, 3.05) is 54.7 Å². The fourth-order valence-corrected chi connectivity index (χ4v) is 7.66. The topological polar surface area (TPSA) is 118 Å². The summed E-state index contributed by atoms with van der Waals surface area (Å²) in [6.45, 7) is 0.494. The summed E-state index contributed by atoms with van der Waals surface area (Å²) in [5.74, 6) is -3.17. The van der Waals surface area contributed by atoms with Gasteiger partial charge in [-0.1, -0.05) is 0 Å². The van der Waals surface area contributed by atoms with E-state index in [1.54, 1.807) is 0 Å². The highest BCUT2D eigenvalue weighted by Gasteiger charge is 2.93. The molecular weight excluding hydrogens is 591 g/mol. The number of hydrogen-bond acceptors (Lipinski definition) is 11. The summed E-state index contributed by atoms with van der Waals surface area (Å²) in [5.41, 5.74) is 0.675. The number of Topliss-reactive ketones (excluding diaryl/α,β-unsaturated/α-hetero) is 1. The number of ether oxygens (including phenoxy) is 8. The fourth-order valence-electron chi connectivity index (χ4n) is 7.66. The Kier molecular flexibility index (Phi) is 6.73. The van der Waals surface area contributed by atoms with Crippen LogP contribution < -0.4 is 9.47 Å². The highest BCUT2D eigenvalue weighted by molar-refractivity contribution is 6.11. The smallest absolute Gasteiger partial charge is 0.401 e. The number of fused-ring (bicyclic) bond motifs is 8. The zero-order valence-electron chi connectivity index (χ0n) is 25.0. The number of ketones is 1. The molecule has 0 saturated carbocycles. The number of halogens is 3. The molecule has 0 radical (unpaired) electrons. The molecule has 1 N–H and O–H groups in total. The fraction of sp³-hybridized carbons (Fsp3) is 0.633. The second-order valence-electron chi connectivity index (χ2n) is 12.0. The number of benzene rings is 2. The van der Waals surface area contributed by atoms with E-state index in [0.29, 0.717) is 35.1 Å². The number of alkyl halides is 3. The van der Waals surface area contributed by atoms with Gasteiger partial charge in [0.2, 0.25) is 11.9 Å². The first-order valence-electron chi connectivity index (χ1n) is 14.4. The molecule has 4 aliphatic heterocycles. The Morgan fingerprint density at radius 3 is 2.55 bits per heavy atom. The van der Waals surface area contributed by atoms with E-state index in [1.807, 2.05) is 13.0 Å². The Labute approximate surface area is 251 Å². The lowest BCUT2D eigenvalue weighted by molar-refractivity contribution is -0.350. The average molecular weight is 626 g/mol. The SMILES string of the molecule is COc1c2c(c(O)c3c4c(c(C)cc13)C1OC3(C(OC)OC)OC1C(OCCN(C)CC(F)(F)F)(O4)C31CO1)C(=O)CCC2. The minimum Gasteiger partial charge on any atom is -0.506 e. The van der Waals surface area contributed by atoms with Gasteiger partial charge in [-0.2, -0.15) is 13.2 Å². The number of phenols is 1. The molecule has 1 spiro atoms. The third kappa shape index (κ3) is 3.79. The zero-order chi connectivity index (χ0) is 31.4. The third-order valence-electron chi connectivity index (χ3n) is 9.46. The van der Waals surface area contributed by atoms with Gasteiger partial charge in [-0.3, -0.25) is 9.69 Å². The number of epoxide rings is 1. The predicted molar refractivity (Wildman–Crippen MR) is 145 cm³/mol. The predicted octanol–water partition coefficient (Wildman–Crippen LogP) is 3.54. The molecule has 14 heteroatoms. The van der Waals surface area contributed by atoms with Crippen LogP contribution in [-0.2, 0) is 34.8 Å². The second kappa shape index (κ2) is 9.89. The number of methoxy groups -OCH3 is 3. The Hall–Kier alpha value is -2.72. The number of phenolic OH excluding ortho intramolecular Hbond substituents is 1. The molecule has 2 bridgehead atoms. The Morgan fingerprint density at radius 1 is 1.18 bits per heavy atom. The normalized spacial score (nSPS) is 31.6. The summed E-state index contributed by atoms with van der Waals surface area (Å²) in [6, 6.07) is 1.85. The van der Waals surface area contributed by atoms with Gasteiger partial charge in [0.25, 0.3) is 11.6 Å². The first-order chi connectivity index (χ1) is 20.9. The monoisotopic (exact) mass is 625 g/mol. The summed E-state index contributed by atoms with van der Waals surface area (Å²) >= 11 is 0. The van der Waals surface area contributed by atoms with Gasteiger partial charge >= 0.3 is 6.18 Å². The van der Waals surface area contributed by atoms with Crippen LogP contribution in [-0.4, -0.2) is 106 Å². The maximum atomic E-state index is 13.1. The van der Waals surface area contributed by atoms with Crippen molar-refractivity contribution < 1.29 is 61.0 Å². The summed E-state index contributed by atoms with van der Waals surface area (Å²) < 4.78 is 88.7. The maximum absolute atomic E-state index is 13.1. The van der Waals surface area contributed by atoms with Gasteiger partial charge in [0.1, 0.15) is 23.4 Å². The number of carbonyl (C=O) groups excluding carboxylic acids is 1. The van der Waals surface area contributed by atoms with Gasteiger partial charge in [0.15, 0.2) is 11.9 Å². The molecular formula is C30H34F3NO10. The molecule has 4 heterocycles. The Balaban J connectivity index is 1.41. The molecule has 5 unspecified atom stereocenters. The number of likely N-dealkylation sites (N-methyl/N-ethyl adjacent to an activating group) is 1. The van der Waals surface area contributed by atoms with E-state index in [1.165, 1.54) is 28.4 Å². The van der Waals surface area contributed by atoms with Crippen LogP contribution in [0.25, 0.3) is 10.8 Å². The molecule has 1 aliphatic carbocycles. The van der Waals surface area contributed by atoms with E-state index in [0.717, 1.165) is 10.5 Å². The molecule has 5 aliphatic rings. The van der Waals surface area contributed by atoms with Gasteiger partial charge in [0, 0.05) is 43.7 Å². The lowest BCUT2D eigenvalue weighted by Crippen LogP contribution is -2.70. The maximum Gasteiger partial charge on any atom is 0.401 e. The number of aryl methyl sites for hydroxylation is 1. The second-order valence-corrected chi connectivity index (χ2v) is 12.0. The van der Waals surface area contributed by atoms with Crippen LogP contribution in [0.2, 0.25) is 0 Å². The van der Waals surface area contributed by atoms with Crippen molar-refractivity contribution in [3.63, 3.8) is 0 Å². The number of nitrogens with zero attached hydrogens (tertiary/aromatic N) is 1. The van der Waals surface area contributed by atoms with Crippen LogP contribution in [0, 0.1) is 6.92 Å². The lowest BCUT2D eigenvalue weighted by Gasteiger charge is -2.49. The quantitative estimate of drug-likeness (QED) is 0.326. The van der Waals surface area contributed by atoms with Crippen LogP contribution in [0.5, 0.6) is 17.2 Å². The Morgan fingerprint density at radius 2 is 1.91 bits per heavy atom. The van der Waals surface area contributed by atoms with E-state index in [2.05, 4.69) is 0 Å². The van der Waals surface area contributed by atoms with Crippen molar-refractivity contribution in [3.05, 3.63) is 28.3 Å². The van der Waals surface area contributed by atoms with E-state index in [9.17, 15) is 23.1 Å². The van der Waals surface area contributed by atoms with Crippen molar-refractivity contribution in [2.24, 2.45) is 0 Å². The van der Waals surface area contributed by atoms with Crippen molar-refractivity contribution >= 4 is 16.6 Å². The lowest BCUT2D eigenvalue weighted by atomic mass is 9.78. The number of carbonyl (C=O) groups is 1. The van der Waals surface area contributed by atoms with Gasteiger partial charge in [-0.15, -0.1) is 0 Å². The molecule has 0 aromatic heterocycles. The van der Waals surface area contributed by atoms with Crippen LogP contribution in [0.1, 0.15) is 46.0 Å². The molecule has 3 fully saturated rings. The zero-order valence-corrected chi connectivity index (χ0v) is 25.0. The van der Waals surface area contributed by atoms with E-state index in [-0.39, 0.29) is 54.4 Å². The van der Waals surface area contributed by atoms with Crippen LogP contribution in [0.4, 0.5) is 13.2 Å². The van der Waals surface area contributed by atoms with Crippen LogP contribution >= 0.6 is 0 Å². The van der Waals surface area contributed by atoms with Crippen molar-refractivity contribution in [3.8, 4) is 17.2 Å². The van der Waals surface area contributed by atoms with Crippen molar-refractivity contribution in [1.82, 2.24) is 4.90 Å². The summed E-state index contributed by atoms with van der Waals surface area (Å²) in [6.07, 6.45) is -5.79. The Bertz CT molecular complexity index is 1540. The minimum atomic E-state index is -4.39. The first-order valence-corrected chi connectivity index (χ1v) is 14.4. The van der Waals surface area contributed by atoms with Gasteiger partial charge in [-0.25, -0.2) is 0 Å². The molecule has 7 rings (SSSR count). The average Bonchev–Trinajstić information content (AvgIpc) is 3.62. The van der Waals surface area contributed by atoms with Crippen molar-refractivity contribution in [1.29, 1.82) is 0 Å². The minimum absolute atomic E-state index is 0.0418. The number of hydrogen-bond donors (Lipinski definition) is 1. The molecule has 44 heavy (non-hydrogen) atoms. The molecule has 0 amide bonds. The van der Waals surface area contributed by atoms with Gasteiger partial charge < -0.3 is 43.0 Å². The summed E-state index contributed by atoms with van der Waals surface area (Å²) in [7, 11) is 5.69. The molecule has 240 valence electrons. The third-order valence-corrected chi connectivity index (χ3v) is 9.46. The molecule has 2 aromatic carbocycles. The molecule has 5 atom stereocenters. The van der Waals surface area contributed by atoms with E-state index in [4.69, 9.17) is 37.9 Å². The largest absolute Gasteiger partial charge is 0.506 e. The first kappa shape index (κ1) is 30.0. The van der Waals surface area contributed by atoms with E-state index < -0.39 is 48.4 Å². The molecule has 3 saturated heterocycles. The molecule has 11 nitrogen and oxygen atoms in total. The van der Waals surface area contributed by atoms with E-state index >= 15 is 0 Å². The highest BCUT2D eigenvalue weighted by Crippen LogP contribution is 2.72. The number of aromatic hydroxyl groups is 1. The van der Waals surface area contributed by atoms with Gasteiger partial charge in [0.05, 0.1) is 37.8 Å². The van der Waals surface area contributed by atoms with Crippen LogP contribution in [0.15, 0.2) is 6.07 Å². The summed E-state index contributed by atoms with van der Waals surface area (Å²) in [4.78, 5) is 14.2. The summed E-state index contributed by atoms with van der Waals surface area (Å²) in [5, 5.41) is 12.5. The highest BCUT2D eigenvalue weighted by atomic mass is 19.4. The van der Waals surface area contributed by atoms with Crippen LogP contribution in [0.3, 0.4) is 0 Å². The standard InChI is InChI=1S/C30H34F3NO10/c1-14-11-16-20(21(36)19-15(22(16)37-3)7-6-8-17(19)35)23-18(14)24-25-29(42-23,40-10-9-34(2)12-28(31,32)33)27(13-41-27)30(43-24,44-25)26(38-4)39-5/h11,24-26,36H,6-10,12-13H2,1-5H3. The van der Waals surface area contributed by atoms with Crippen molar-refractivity contribution in [2.45, 2.75) is 68.0 Å². The number of rotatable bonds is 9.